The smallest absolute Gasteiger partial charge is 0.408 e. The quantitative estimate of drug-likeness (QED) is 0.517. The zero-order chi connectivity index (χ0) is 25.0. The standard InChI is InChI=1S/C25H34FN3O5/c1-7-33-21(30)12-20(27-24(31)34-25(3,4)5)18-11-17(10-15(2)22(18)26)19-14-29(13-16-8-9-16)28-23(19)32-6/h10-11,14,16,20H,7-9,12-13H2,1-6H3,(H,27,31)/t20-/m0/s1. The fourth-order valence-corrected chi connectivity index (χ4v) is 3.69. The largest absolute Gasteiger partial charge is 0.479 e. The summed E-state index contributed by atoms with van der Waals surface area (Å²) in [6.07, 6.45) is 3.26. The number of aromatic nitrogens is 2. The average Bonchev–Trinajstić information content (AvgIpc) is 3.45. The van der Waals surface area contributed by atoms with E-state index in [-0.39, 0.29) is 18.6 Å². The van der Waals surface area contributed by atoms with Crippen molar-refractivity contribution in [2.24, 2.45) is 5.92 Å². The number of aryl methyl sites for hydroxylation is 1. The average molecular weight is 476 g/mol. The summed E-state index contributed by atoms with van der Waals surface area (Å²) in [4.78, 5) is 24.8. The molecule has 1 saturated carbocycles. The van der Waals surface area contributed by atoms with E-state index in [0.717, 1.165) is 6.54 Å². The minimum Gasteiger partial charge on any atom is -0.479 e. The molecule has 1 amide bonds. The number of hydrogen-bond acceptors (Lipinski definition) is 6. The summed E-state index contributed by atoms with van der Waals surface area (Å²) in [6, 6.07) is 2.33. The number of methoxy groups -OCH3 is 1. The molecule has 1 aromatic heterocycles. The van der Waals surface area contributed by atoms with Crippen LogP contribution in [0.1, 0.15) is 64.1 Å². The van der Waals surface area contributed by atoms with Gasteiger partial charge in [-0.1, -0.05) is 0 Å². The number of carbonyl (C=O) groups excluding carboxylic acids is 2. The lowest BCUT2D eigenvalue weighted by Crippen LogP contribution is -2.36. The van der Waals surface area contributed by atoms with Gasteiger partial charge in [0.2, 0.25) is 5.88 Å². The van der Waals surface area contributed by atoms with Crippen molar-refractivity contribution >= 4 is 12.1 Å². The normalized spacial score (nSPS) is 14.4. The Morgan fingerprint density at radius 1 is 1.29 bits per heavy atom. The molecule has 34 heavy (non-hydrogen) atoms. The number of rotatable bonds is 9. The zero-order valence-electron chi connectivity index (χ0n) is 20.7. The first-order valence-electron chi connectivity index (χ1n) is 11.6. The Kier molecular flexibility index (Phi) is 7.84. The van der Waals surface area contributed by atoms with Crippen LogP contribution in [0.3, 0.4) is 0 Å². The molecule has 0 radical (unpaired) electrons. The van der Waals surface area contributed by atoms with E-state index in [1.54, 1.807) is 46.8 Å². The number of alkyl carbamates (subject to hydrolysis) is 1. The van der Waals surface area contributed by atoms with Crippen LogP contribution in [0.25, 0.3) is 11.1 Å². The Bertz CT molecular complexity index is 1040. The van der Waals surface area contributed by atoms with Gasteiger partial charge < -0.3 is 19.5 Å². The lowest BCUT2D eigenvalue weighted by Gasteiger charge is -2.24. The number of esters is 1. The molecule has 186 valence electrons. The third-order valence-electron chi connectivity index (χ3n) is 5.40. The first-order chi connectivity index (χ1) is 16.0. The predicted molar refractivity (Wildman–Crippen MR) is 125 cm³/mol. The van der Waals surface area contributed by atoms with Crippen LogP contribution in [-0.2, 0) is 20.8 Å². The van der Waals surface area contributed by atoms with Crippen molar-refractivity contribution in [2.75, 3.05) is 13.7 Å². The van der Waals surface area contributed by atoms with Crippen LogP contribution in [0, 0.1) is 18.7 Å². The van der Waals surface area contributed by atoms with Gasteiger partial charge in [-0.3, -0.25) is 9.48 Å². The van der Waals surface area contributed by atoms with Crippen molar-refractivity contribution in [3.8, 4) is 17.0 Å². The maximum atomic E-state index is 15.3. The minimum absolute atomic E-state index is 0.158. The van der Waals surface area contributed by atoms with E-state index in [0.29, 0.717) is 28.5 Å². The van der Waals surface area contributed by atoms with Crippen LogP contribution in [0.4, 0.5) is 9.18 Å². The van der Waals surface area contributed by atoms with E-state index in [9.17, 15) is 9.59 Å². The molecule has 0 spiro atoms. The van der Waals surface area contributed by atoms with Gasteiger partial charge in [-0.05, 0) is 76.6 Å². The minimum atomic E-state index is -0.986. The molecule has 8 nitrogen and oxygen atoms in total. The highest BCUT2D eigenvalue weighted by atomic mass is 19.1. The molecule has 1 heterocycles. The van der Waals surface area contributed by atoms with Crippen molar-refractivity contribution in [1.29, 1.82) is 0 Å². The van der Waals surface area contributed by atoms with E-state index >= 15 is 4.39 Å². The SMILES string of the molecule is CCOC(=O)C[C@H](NC(=O)OC(C)(C)C)c1cc(-c2cn(CC3CC3)nc2OC)cc(C)c1F. The van der Waals surface area contributed by atoms with Gasteiger partial charge in [-0.25, -0.2) is 9.18 Å². The summed E-state index contributed by atoms with van der Waals surface area (Å²) in [5.74, 6) is -0.0195. The van der Waals surface area contributed by atoms with Crippen LogP contribution in [0.5, 0.6) is 5.88 Å². The Hall–Kier alpha value is -3.10. The summed E-state index contributed by atoms with van der Waals surface area (Å²) in [6.45, 7) is 9.48. The van der Waals surface area contributed by atoms with Gasteiger partial charge in [0.25, 0.3) is 0 Å². The molecule has 0 saturated heterocycles. The van der Waals surface area contributed by atoms with Crippen molar-refractivity contribution in [3.05, 3.63) is 35.3 Å². The van der Waals surface area contributed by atoms with Gasteiger partial charge in [-0.15, -0.1) is 5.10 Å². The number of halogens is 1. The number of nitrogens with zero attached hydrogens (tertiary/aromatic N) is 2. The van der Waals surface area contributed by atoms with Gasteiger partial charge in [0, 0.05) is 18.3 Å². The molecule has 1 aliphatic rings. The zero-order valence-corrected chi connectivity index (χ0v) is 20.7. The van der Waals surface area contributed by atoms with E-state index in [1.165, 1.54) is 20.0 Å². The van der Waals surface area contributed by atoms with Crippen LogP contribution < -0.4 is 10.1 Å². The molecule has 1 aliphatic carbocycles. The molecule has 0 aliphatic heterocycles. The predicted octanol–water partition coefficient (Wildman–Crippen LogP) is 4.94. The molecule has 1 atom stereocenters. The second-order valence-electron chi connectivity index (χ2n) is 9.62. The summed E-state index contributed by atoms with van der Waals surface area (Å²) >= 11 is 0. The number of ether oxygens (including phenoxy) is 3. The van der Waals surface area contributed by atoms with E-state index < -0.39 is 29.5 Å². The fourth-order valence-electron chi connectivity index (χ4n) is 3.69. The molecule has 1 N–H and O–H groups in total. The van der Waals surface area contributed by atoms with Crippen LogP contribution in [0.2, 0.25) is 0 Å². The third kappa shape index (κ3) is 6.71. The Balaban J connectivity index is 1.99. The molecular formula is C25H34FN3O5. The first-order valence-corrected chi connectivity index (χ1v) is 11.6. The Morgan fingerprint density at radius 2 is 2.00 bits per heavy atom. The summed E-state index contributed by atoms with van der Waals surface area (Å²) in [5.41, 5.74) is 1.15. The number of benzene rings is 1. The number of carbonyl (C=O) groups is 2. The second kappa shape index (κ2) is 10.4. The first kappa shape index (κ1) is 25.5. The van der Waals surface area contributed by atoms with E-state index in [2.05, 4.69) is 10.4 Å². The molecule has 3 rings (SSSR count). The number of hydrogen-bond donors (Lipinski definition) is 1. The lowest BCUT2D eigenvalue weighted by molar-refractivity contribution is -0.143. The van der Waals surface area contributed by atoms with Gasteiger partial charge >= 0.3 is 12.1 Å². The van der Waals surface area contributed by atoms with E-state index in [1.807, 2.05) is 10.9 Å². The number of nitrogens with one attached hydrogen (secondary N) is 1. The molecule has 2 aromatic rings. The van der Waals surface area contributed by atoms with Crippen LogP contribution in [-0.4, -0.2) is 41.2 Å². The van der Waals surface area contributed by atoms with Gasteiger partial charge in [0.15, 0.2) is 0 Å². The molecule has 1 aromatic carbocycles. The molecule has 1 fully saturated rings. The van der Waals surface area contributed by atoms with Crippen molar-refractivity contribution < 1.29 is 28.2 Å². The lowest BCUT2D eigenvalue weighted by atomic mass is 9.95. The maximum absolute atomic E-state index is 15.3. The molecular weight excluding hydrogens is 441 g/mol. The molecule has 0 bridgehead atoms. The van der Waals surface area contributed by atoms with Gasteiger partial charge in [0.1, 0.15) is 11.4 Å². The highest BCUT2D eigenvalue weighted by Gasteiger charge is 2.28. The fraction of sp³-hybridized carbons (Fsp3) is 0.560. The maximum Gasteiger partial charge on any atom is 0.408 e. The monoisotopic (exact) mass is 475 g/mol. The molecule has 9 heteroatoms. The van der Waals surface area contributed by atoms with E-state index in [4.69, 9.17) is 14.2 Å². The third-order valence-corrected chi connectivity index (χ3v) is 5.40. The Morgan fingerprint density at radius 3 is 2.59 bits per heavy atom. The van der Waals surface area contributed by atoms with Crippen molar-refractivity contribution in [3.63, 3.8) is 0 Å². The Labute approximate surface area is 199 Å². The van der Waals surface area contributed by atoms with Gasteiger partial charge in [0.05, 0.1) is 31.7 Å². The van der Waals surface area contributed by atoms with Crippen molar-refractivity contribution in [2.45, 2.75) is 72.1 Å². The van der Waals surface area contributed by atoms with Crippen molar-refractivity contribution in [1.82, 2.24) is 15.1 Å². The summed E-state index contributed by atoms with van der Waals surface area (Å²) in [7, 11) is 1.54. The topological polar surface area (TPSA) is 91.7 Å². The van der Waals surface area contributed by atoms with Crippen LogP contribution >= 0.6 is 0 Å². The summed E-state index contributed by atoms with van der Waals surface area (Å²) in [5, 5.41) is 7.15. The second-order valence-corrected chi connectivity index (χ2v) is 9.62. The number of amides is 1. The summed E-state index contributed by atoms with van der Waals surface area (Å²) < 4.78 is 33.1. The highest BCUT2D eigenvalue weighted by molar-refractivity contribution is 5.75. The van der Waals surface area contributed by atoms with Gasteiger partial charge in [-0.2, -0.15) is 0 Å². The van der Waals surface area contributed by atoms with Crippen LogP contribution in [0.15, 0.2) is 18.3 Å². The highest BCUT2D eigenvalue weighted by Crippen LogP contribution is 2.36. The molecule has 0 unspecified atom stereocenters.